The maximum atomic E-state index is 11.5. The van der Waals surface area contributed by atoms with Gasteiger partial charge in [-0.2, -0.15) is 0 Å². The van der Waals surface area contributed by atoms with E-state index in [0.717, 1.165) is 4.88 Å². The SMILES string of the molecule is Nc1cccc(NC(=O)NCc2cncs2)c1. The highest BCUT2D eigenvalue weighted by Crippen LogP contribution is 2.11. The number of nitrogen functional groups attached to an aromatic ring is 1. The van der Waals surface area contributed by atoms with Crippen molar-refractivity contribution in [3.63, 3.8) is 0 Å². The Morgan fingerprint density at radius 3 is 3.06 bits per heavy atom. The number of nitrogens with one attached hydrogen (secondary N) is 2. The first kappa shape index (κ1) is 11.4. The van der Waals surface area contributed by atoms with Crippen molar-refractivity contribution >= 4 is 28.7 Å². The van der Waals surface area contributed by atoms with E-state index in [2.05, 4.69) is 15.6 Å². The molecule has 0 unspecified atom stereocenters. The molecule has 0 radical (unpaired) electrons. The number of carbonyl (C=O) groups excluding carboxylic acids is 1. The molecule has 0 fully saturated rings. The van der Waals surface area contributed by atoms with E-state index in [9.17, 15) is 4.79 Å². The number of carbonyl (C=O) groups is 1. The van der Waals surface area contributed by atoms with Crippen LogP contribution in [0.15, 0.2) is 36.0 Å². The first-order valence-corrected chi connectivity index (χ1v) is 5.90. The third kappa shape index (κ3) is 3.46. The number of aromatic nitrogens is 1. The van der Waals surface area contributed by atoms with E-state index in [1.54, 1.807) is 36.0 Å². The van der Waals surface area contributed by atoms with Crippen LogP contribution in [0.5, 0.6) is 0 Å². The number of anilines is 2. The lowest BCUT2D eigenvalue weighted by molar-refractivity contribution is 0.252. The van der Waals surface area contributed by atoms with E-state index >= 15 is 0 Å². The minimum Gasteiger partial charge on any atom is -0.399 e. The van der Waals surface area contributed by atoms with Crippen LogP contribution in [0.4, 0.5) is 16.2 Å². The van der Waals surface area contributed by atoms with Gasteiger partial charge in [0.2, 0.25) is 0 Å². The smallest absolute Gasteiger partial charge is 0.319 e. The summed E-state index contributed by atoms with van der Waals surface area (Å²) in [5, 5.41) is 5.43. The summed E-state index contributed by atoms with van der Waals surface area (Å²) < 4.78 is 0. The molecule has 0 aliphatic heterocycles. The molecule has 1 aromatic heterocycles. The summed E-state index contributed by atoms with van der Waals surface area (Å²) in [6.45, 7) is 0.471. The highest BCUT2D eigenvalue weighted by Gasteiger charge is 2.02. The van der Waals surface area contributed by atoms with Crippen LogP contribution in [-0.2, 0) is 6.54 Å². The van der Waals surface area contributed by atoms with Crippen LogP contribution < -0.4 is 16.4 Å². The predicted octanol–water partition coefficient (Wildman–Crippen LogP) is 2.05. The van der Waals surface area contributed by atoms with Gasteiger partial charge in [0, 0.05) is 22.4 Å². The number of amides is 2. The number of urea groups is 1. The third-order valence-electron chi connectivity index (χ3n) is 2.05. The van der Waals surface area contributed by atoms with Gasteiger partial charge in [0.25, 0.3) is 0 Å². The summed E-state index contributed by atoms with van der Waals surface area (Å²) >= 11 is 1.50. The van der Waals surface area contributed by atoms with Crippen molar-refractivity contribution in [1.29, 1.82) is 0 Å². The summed E-state index contributed by atoms with van der Waals surface area (Å²) in [5.74, 6) is 0. The van der Waals surface area contributed by atoms with Crippen LogP contribution in [0, 0.1) is 0 Å². The monoisotopic (exact) mass is 248 g/mol. The second kappa shape index (κ2) is 5.31. The lowest BCUT2D eigenvalue weighted by atomic mass is 10.3. The van der Waals surface area contributed by atoms with Crippen molar-refractivity contribution in [2.24, 2.45) is 0 Å². The zero-order valence-corrected chi connectivity index (χ0v) is 9.83. The van der Waals surface area contributed by atoms with Gasteiger partial charge >= 0.3 is 6.03 Å². The minimum atomic E-state index is -0.260. The molecular weight excluding hydrogens is 236 g/mol. The van der Waals surface area contributed by atoms with E-state index in [1.807, 2.05) is 0 Å². The Labute approximate surface area is 103 Å². The molecule has 1 heterocycles. The number of hydrogen-bond donors (Lipinski definition) is 3. The number of rotatable bonds is 3. The van der Waals surface area contributed by atoms with Crippen molar-refractivity contribution in [3.05, 3.63) is 40.8 Å². The molecule has 0 saturated carbocycles. The lowest BCUT2D eigenvalue weighted by Gasteiger charge is -2.06. The second-order valence-corrected chi connectivity index (χ2v) is 4.37. The average Bonchev–Trinajstić information content (AvgIpc) is 2.79. The van der Waals surface area contributed by atoms with E-state index < -0.39 is 0 Å². The average molecular weight is 248 g/mol. The Morgan fingerprint density at radius 2 is 2.35 bits per heavy atom. The van der Waals surface area contributed by atoms with Gasteiger partial charge in [-0.25, -0.2) is 4.79 Å². The first-order valence-electron chi connectivity index (χ1n) is 5.02. The van der Waals surface area contributed by atoms with E-state index in [1.165, 1.54) is 11.3 Å². The minimum absolute atomic E-state index is 0.260. The van der Waals surface area contributed by atoms with Crippen LogP contribution in [-0.4, -0.2) is 11.0 Å². The number of thiazole rings is 1. The van der Waals surface area contributed by atoms with Crippen molar-refractivity contribution in [2.45, 2.75) is 6.54 Å². The molecule has 0 aliphatic carbocycles. The molecule has 0 saturated heterocycles. The molecule has 88 valence electrons. The van der Waals surface area contributed by atoms with Crippen LogP contribution in [0.2, 0.25) is 0 Å². The van der Waals surface area contributed by atoms with Gasteiger partial charge in [-0.05, 0) is 18.2 Å². The predicted molar refractivity (Wildman–Crippen MR) is 68.8 cm³/mol. The number of nitrogens with zero attached hydrogens (tertiary/aromatic N) is 1. The standard InChI is InChI=1S/C11H12N4OS/c12-8-2-1-3-9(4-8)15-11(16)14-6-10-5-13-7-17-10/h1-5,7H,6,12H2,(H2,14,15,16). The highest BCUT2D eigenvalue weighted by molar-refractivity contribution is 7.09. The molecule has 2 amide bonds. The molecule has 5 nitrogen and oxygen atoms in total. The quantitative estimate of drug-likeness (QED) is 0.727. The zero-order valence-electron chi connectivity index (χ0n) is 9.01. The lowest BCUT2D eigenvalue weighted by Crippen LogP contribution is -2.27. The molecular formula is C11H12N4OS. The van der Waals surface area contributed by atoms with Gasteiger partial charge in [0.1, 0.15) is 0 Å². The van der Waals surface area contributed by atoms with Crippen molar-refractivity contribution < 1.29 is 4.79 Å². The molecule has 0 atom stereocenters. The fourth-order valence-electron chi connectivity index (χ4n) is 1.29. The van der Waals surface area contributed by atoms with Crippen LogP contribution >= 0.6 is 11.3 Å². The van der Waals surface area contributed by atoms with Crippen molar-refractivity contribution in [2.75, 3.05) is 11.1 Å². The van der Waals surface area contributed by atoms with E-state index in [0.29, 0.717) is 17.9 Å². The largest absolute Gasteiger partial charge is 0.399 e. The normalized spacial score (nSPS) is 9.88. The molecule has 2 aromatic rings. The number of nitrogens with two attached hydrogens (primary N) is 1. The van der Waals surface area contributed by atoms with Gasteiger partial charge in [-0.15, -0.1) is 11.3 Å². The molecule has 0 spiro atoms. The summed E-state index contributed by atoms with van der Waals surface area (Å²) in [7, 11) is 0. The zero-order chi connectivity index (χ0) is 12.1. The van der Waals surface area contributed by atoms with Crippen LogP contribution in [0.3, 0.4) is 0 Å². The third-order valence-corrected chi connectivity index (χ3v) is 2.83. The molecule has 6 heteroatoms. The van der Waals surface area contributed by atoms with Gasteiger partial charge in [0.15, 0.2) is 0 Å². The summed E-state index contributed by atoms with van der Waals surface area (Å²) in [5.41, 5.74) is 8.63. The van der Waals surface area contributed by atoms with Crippen LogP contribution in [0.25, 0.3) is 0 Å². The Hall–Kier alpha value is -2.08. The summed E-state index contributed by atoms with van der Waals surface area (Å²) in [4.78, 5) is 16.5. The number of benzene rings is 1. The van der Waals surface area contributed by atoms with Gasteiger partial charge in [-0.1, -0.05) is 6.07 Å². The number of hydrogen-bond acceptors (Lipinski definition) is 4. The van der Waals surface area contributed by atoms with Crippen LogP contribution in [0.1, 0.15) is 4.88 Å². The molecule has 2 rings (SSSR count). The fourth-order valence-corrected chi connectivity index (χ4v) is 1.82. The van der Waals surface area contributed by atoms with Gasteiger partial charge in [-0.3, -0.25) is 4.98 Å². The van der Waals surface area contributed by atoms with Crippen molar-refractivity contribution in [1.82, 2.24) is 10.3 Å². The fraction of sp³-hybridized carbons (Fsp3) is 0.0909. The highest BCUT2D eigenvalue weighted by atomic mass is 32.1. The molecule has 1 aromatic carbocycles. The van der Waals surface area contributed by atoms with E-state index in [4.69, 9.17) is 5.73 Å². The van der Waals surface area contributed by atoms with Gasteiger partial charge < -0.3 is 16.4 Å². The summed E-state index contributed by atoms with van der Waals surface area (Å²) in [6.07, 6.45) is 1.73. The maximum absolute atomic E-state index is 11.5. The topological polar surface area (TPSA) is 80.0 Å². The Balaban J connectivity index is 1.85. The Bertz CT molecular complexity index is 498. The second-order valence-electron chi connectivity index (χ2n) is 3.40. The first-order chi connectivity index (χ1) is 8.24. The van der Waals surface area contributed by atoms with Crippen molar-refractivity contribution in [3.8, 4) is 0 Å². The Kier molecular flexibility index (Phi) is 3.56. The summed E-state index contributed by atoms with van der Waals surface area (Å²) in [6, 6.07) is 6.77. The maximum Gasteiger partial charge on any atom is 0.319 e. The van der Waals surface area contributed by atoms with Gasteiger partial charge in [0.05, 0.1) is 12.1 Å². The molecule has 4 N–H and O–H groups in total. The molecule has 0 bridgehead atoms. The molecule has 17 heavy (non-hydrogen) atoms. The van der Waals surface area contributed by atoms with E-state index in [-0.39, 0.29) is 6.03 Å². The Morgan fingerprint density at radius 1 is 1.47 bits per heavy atom. The molecule has 0 aliphatic rings.